The van der Waals surface area contributed by atoms with Crippen LogP contribution in [0.3, 0.4) is 0 Å². The van der Waals surface area contributed by atoms with Crippen molar-refractivity contribution in [3.8, 4) is 0 Å². The summed E-state index contributed by atoms with van der Waals surface area (Å²) in [6, 6.07) is 10.4. The number of benzene rings is 1. The summed E-state index contributed by atoms with van der Waals surface area (Å²) >= 11 is 5.90. The third-order valence-corrected chi connectivity index (χ3v) is 5.17. The molecule has 2 heterocycles. The van der Waals surface area contributed by atoms with E-state index >= 15 is 0 Å². The number of carbonyl (C=O) groups is 3. The van der Waals surface area contributed by atoms with Crippen LogP contribution in [-0.4, -0.2) is 47.3 Å². The summed E-state index contributed by atoms with van der Waals surface area (Å²) in [6.45, 7) is 0.327. The van der Waals surface area contributed by atoms with Gasteiger partial charge in [0.05, 0.1) is 12.8 Å². The van der Waals surface area contributed by atoms with Gasteiger partial charge in [0.15, 0.2) is 0 Å². The third-order valence-electron chi connectivity index (χ3n) is 4.92. The number of carbonyl (C=O) groups excluding carboxylic acids is 3. The molecule has 2 aliphatic rings. The monoisotopic (exact) mass is 401 g/mol. The second kappa shape index (κ2) is 7.67. The number of hydrogen-bond donors (Lipinski definition) is 0. The second-order valence-corrected chi connectivity index (χ2v) is 7.52. The number of hydrogen-bond acceptors (Lipinski definition) is 4. The van der Waals surface area contributed by atoms with E-state index in [2.05, 4.69) is 0 Å². The summed E-state index contributed by atoms with van der Waals surface area (Å²) in [5.41, 5.74) is 0.686. The van der Waals surface area contributed by atoms with Crippen LogP contribution in [-0.2, 0) is 20.9 Å². The molecule has 1 aliphatic heterocycles. The van der Waals surface area contributed by atoms with Crippen LogP contribution in [0.25, 0.3) is 0 Å². The van der Waals surface area contributed by atoms with E-state index in [9.17, 15) is 14.4 Å². The maximum atomic E-state index is 12.8. The Morgan fingerprint density at radius 2 is 1.93 bits per heavy atom. The Morgan fingerprint density at radius 3 is 2.57 bits per heavy atom. The summed E-state index contributed by atoms with van der Waals surface area (Å²) in [5, 5.41) is 0.579. The van der Waals surface area contributed by atoms with E-state index in [4.69, 9.17) is 16.0 Å². The predicted octanol–water partition coefficient (Wildman–Crippen LogP) is 2.50. The van der Waals surface area contributed by atoms with Crippen LogP contribution >= 0.6 is 11.6 Å². The third kappa shape index (κ3) is 4.04. The molecule has 3 amide bonds. The van der Waals surface area contributed by atoms with Gasteiger partial charge in [-0.3, -0.25) is 19.3 Å². The minimum atomic E-state index is -0.259. The standard InChI is InChI=1S/C20H20ClN3O4/c21-15-5-7-16(8-6-15)24-13-23(12-19(24)26)18(25)11-22(20(27)14-3-4-14)10-17-2-1-9-28-17/h1-2,5-9,14H,3-4,10-13H2. The zero-order valence-electron chi connectivity index (χ0n) is 15.2. The van der Waals surface area contributed by atoms with E-state index in [0.717, 1.165) is 12.8 Å². The van der Waals surface area contributed by atoms with Crippen LogP contribution in [0.15, 0.2) is 47.1 Å². The number of amides is 3. The molecule has 2 fully saturated rings. The molecule has 28 heavy (non-hydrogen) atoms. The smallest absolute Gasteiger partial charge is 0.248 e. The largest absolute Gasteiger partial charge is 0.467 e. The normalized spacial score (nSPS) is 16.5. The molecule has 1 saturated heterocycles. The van der Waals surface area contributed by atoms with Crippen LogP contribution < -0.4 is 4.90 Å². The molecular formula is C20H20ClN3O4. The molecule has 1 aromatic carbocycles. The van der Waals surface area contributed by atoms with Gasteiger partial charge in [-0.05, 0) is 49.2 Å². The predicted molar refractivity (Wildman–Crippen MR) is 102 cm³/mol. The number of rotatable bonds is 6. The molecular weight excluding hydrogens is 382 g/mol. The van der Waals surface area contributed by atoms with Crippen molar-refractivity contribution in [3.63, 3.8) is 0 Å². The fourth-order valence-electron chi connectivity index (χ4n) is 3.22. The molecule has 0 N–H and O–H groups in total. The fourth-order valence-corrected chi connectivity index (χ4v) is 3.34. The van der Waals surface area contributed by atoms with E-state index in [1.165, 1.54) is 14.7 Å². The summed E-state index contributed by atoms with van der Waals surface area (Å²) in [6.07, 6.45) is 3.25. The average molecular weight is 402 g/mol. The first-order valence-electron chi connectivity index (χ1n) is 9.16. The highest BCUT2D eigenvalue weighted by Crippen LogP contribution is 2.31. The average Bonchev–Trinajstić information content (AvgIpc) is 3.27. The molecule has 0 radical (unpaired) electrons. The van der Waals surface area contributed by atoms with E-state index in [-0.39, 0.29) is 49.9 Å². The van der Waals surface area contributed by atoms with Gasteiger partial charge < -0.3 is 14.2 Å². The first-order valence-corrected chi connectivity index (χ1v) is 9.54. The Balaban J connectivity index is 1.43. The summed E-state index contributed by atoms with van der Waals surface area (Å²) in [4.78, 5) is 42.3. The maximum Gasteiger partial charge on any atom is 0.248 e. The molecule has 2 aromatic rings. The van der Waals surface area contributed by atoms with Gasteiger partial charge in [-0.25, -0.2) is 0 Å². The van der Waals surface area contributed by atoms with Crippen molar-refractivity contribution >= 4 is 35.0 Å². The van der Waals surface area contributed by atoms with E-state index < -0.39 is 0 Å². The molecule has 0 atom stereocenters. The minimum Gasteiger partial charge on any atom is -0.467 e. The van der Waals surface area contributed by atoms with Crippen molar-refractivity contribution in [1.82, 2.24) is 9.80 Å². The molecule has 7 nitrogen and oxygen atoms in total. The lowest BCUT2D eigenvalue weighted by Gasteiger charge is -2.24. The van der Waals surface area contributed by atoms with Crippen LogP contribution in [0.4, 0.5) is 5.69 Å². The van der Waals surface area contributed by atoms with E-state index in [0.29, 0.717) is 16.5 Å². The van der Waals surface area contributed by atoms with Crippen molar-refractivity contribution in [2.45, 2.75) is 19.4 Å². The zero-order chi connectivity index (χ0) is 19.7. The van der Waals surface area contributed by atoms with Crippen LogP contribution in [0.5, 0.6) is 0 Å². The Bertz CT molecular complexity index is 877. The first-order chi connectivity index (χ1) is 13.5. The summed E-state index contributed by atoms with van der Waals surface area (Å²) < 4.78 is 5.33. The second-order valence-electron chi connectivity index (χ2n) is 7.08. The molecule has 8 heteroatoms. The molecule has 0 unspecified atom stereocenters. The van der Waals surface area contributed by atoms with Crippen molar-refractivity contribution in [3.05, 3.63) is 53.4 Å². The Labute approximate surface area is 167 Å². The lowest BCUT2D eigenvalue weighted by Crippen LogP contribution is -2.43. The van der Waals surface area contributed by atoms with Gasteiger partial charge >= 0.3 is 0 Å². The summed E-state index contributed by atoms with van der Waals surface area (Å²) in [7, 11) is 0. The molecule has 0 bridgehead atoms. The molecule has 146 valence electrons. The Kier molecular flexibility index (Phi) is 5.09. The van der Waals surface area contributed by atoms with E-state index in [1.807, 2.05) is 0 Å². The van der Waals surface area contributed by atoms with Crippen molar-refractivity contribution < 1.29 is 18.8 Å². The van der Waals surface area contributed by atoms with Gasteiger partial charge in [0.1, 0.15) is 25.5 Å². The topological polar surface area (TPSA) is 74.1 Å². The number of nitrogens with zero attached hydrogens (tertiary/aromatic N) is 3. The number of halogens is 1. The number of anilines is 1. The van der Waals surface area contributed by atoms with E-state index in [1.54, 1.807) is 42.7 Å². The van der Waals surface area contributed by atoms with Crippen molar-refractivity contribution in [2.75, 3.05) is 24.7 Å². The van der Waals surface area contributed by atoms with Gasteiger partial charge in [-0.15, -0.1) is 0 Å². The first kappa shape index (κ1) is 18.6. The highest BCUT2D eigenvalue weighted by atomic mass is 35.5. The fraction of sp³-hybridized carbons (Fsp3) is 0.350. The molecule has 1 saturated carbocycles. The van der Waals surface area contributed by atoms with Crippen LogP contribution in [0.1, 0.15) is 18.6 Å². The number of furan rings is 1. The molecule has 1 aromatic heterocycles. The summed E-state index contributed by atoms with van der Waals surface area (Å²) in [5.74, 6) is 0.160. The molecule has 1 aliphatic carbocycles. The molecule has 0 spiro atoms. The van der Waals surface area contributed by atoms with Crippen LogP contribution in [0, 0.1) is 5.92 Å². The van der Waals surface area contributed by atoms with Gasteiger partial charge in [0.25, 0.3) is 0 Å². The van der Waals surface area contributed by atoms with Crippen molar-refractivity contribution in [1.29, 1.82) is 0 Å². The zero-order valence-corrected chi connectivity index (χ0v) is 16.0. The van der Waals surface area contributed by atoms with Crippen molar-refractivity contribution in [2.24, 2.45) is 5.92 Å². The maximum absolute atomic E-state index is 12.8. The van der Waals surface area contributed by atoms with Gasteiger partial charge in [-0.1, -0.05) is 11.6 Å². The minimum absolute atomic E-state index is 0.00598. The quantitative estimate of drug-likeness (QED) is 0.745. The Morgan fingerprint density at radius 1 is 1.18 bits per heavy atom. The highest BCUT2D eigenvalue weighted by molar-refractivity contribution is 6.30. The Hall–Kier alpha value is -2.80. The lowest BCUT2D eigenvalue weighted by atomic mass is 10.3. The lowest BCUT2D eigenvalue weighted by molar-refractivity contribution is -0.141. The SMILES string of the molecule is O=C(CN(Cc1ccco1)C(=O)C1CC1)N1CC(=O)N(c2ccc(Cl)cc2)C1. The van der Waals surface area contributed by atoms with Gasteiger partial charge in [0.2, 0.25) is 17.7 Å². The van der Waals surface area contributed by atoms with Crippen LogP contribution in [0.2, 0.25) is 5.02 Å². The van der Waals surface area contributed by atoms with Gasteiger partial charge in [0, 0.05) is 16.6 Å². The van der Waals surface area contributed by atoms with Gasteiger partial charge in [-0.2, -0.15) is 0 Å². The molecule has 4 rings (SSSR count). The highest BCUT2D eigenvalue weighted by Gasteiger charge is 2.37.